The van der Waals surface area contributed by atoms with Gasteiger partial charge in [0.1, 0.15) is 6.04 Å². The molecule has 1 heterocycles. The van der Waals surface area contributed by atoms with Crippen molar-refractivity contribution < 1.29 is 19.1 Å². The van der Waals surface area contributed by atoms with E-state index in [0.717, 1.165) is 12.8 Å². The van der Waals surface area contributed by atoms with Crippen molar-refractivity contribution in [2.45, 2.75) is 30.4 Å². The summed E-state index contributed by atoms with van der Waals surface area (Å²) in [5.41, 5.74) is 0. The molecular formula is C12H15NO4S. The van der Waals surface area contributed by atoms with E-state index < -0.39 is 17.9 Å². The molecule has 1 amide bonds. The fourth-order valence-corrected chi connectivity index (χ4v) is 2.07. The Balaban J connectivity index is 1.96. The molecule has 0 saturated heterocycles. The van der Waals surface area contributed by atoms with Gasteiger partial charge >= 0.3 is 5.97 Å². The smallest absolute Gasteiger partial charge is 0.326 e. The van der Waals surface area contributed by atoms with Gasteiger partial charge in [0.05, 0.1) is 0 Å². The van der Waals surface area contributed by atoms with Crippen LogP contribution in [0.4, 0.5) is 0 Å². The number of rotatable bonds is 6. The number of nitrogens with one attached hydrogen (secondary N) is 1. The lowest BCUT2D eigenvalue weighted by Gasteiger charge is -2.12. The third-order valence-electron chi connectivity index (χ3n) is 2.88. The highest BCUT2D eigenvalue weighted by Gasteiger charge is 2.30. The van der Waals surface area contributed by atoms with Crippen molar-refractivity contribution in [1.82, 2.24) is 5.32 Å². The van der Waals surface area contributed by atoms with Gasteiger partial charge in [-0.25, -0.2) is 4.79 Å². The maximum atomic E-state index is 11.8. The minimum Gasteiger partial charge on any atom is -0.480 e. The van der Waals surface area contributed by atoms with Gasteiger partial charge in [-0.05, 0) is 30.7 Å². The van der Waals surface area contributed by atoms with Gasteiger partial charge in [0.2, 0.25) is 0 Å². The van der Waals surface area contributed by atoms with Crippen LogP contribution in [0.5, 0.6) is 0 Å². The molecule has 1 aromatic heterocycles. The molecule has 0 bridgehead atoms. The SMILES string of the molecule is CSc1ccc(C(=O)NC(CC2CC2)C(=O)O)o1. The van der Waals surface area contributed by atoms with Crippen LogP contribution in [-0.4, -0.2) is 29.3 Å². The lowest BCUT2D eigenvalue weighted by atomic mass is 10.1. The van der Waals surface area contributed by atoms with Crippen molar-refractivity contribution >= 4 is 23.6 Å². The van der Waals surface area contributed by atoms with Crippen LogP contribution in [0.15, 0.2) is 21.6 Å². The van der Waals surface area contributed by atoms with Crippen LogP contribution in [0.2, 0.25) is 0 Å². The maximum absolute atomic E-state index is 11.8. The van der Waals surface area contributed by atoms with Gasteiger partial charge in [-0.2, -0.15) is 0 Å². The van der Waals surface area contributed by atoms with Crippen LogP contribution in [0.3, 0.4) is 0 Å². The molecule has 0 aliphatic heterocycles. The van der Waals surface area contributed by atoms with Crippen molar-refractivity contribution in [2.24, 2.45) is 5.92 Å². The van der Waals surface area contributed by atoms with Gasteiger partial charge in [-0.3, -0.25) is 4.79 Å². The summed E-state index contributed by atoms with van der Waals surface area (Å²) in [4.78, 5) is 22.9. The molecule has 5 nitrogen and oxygen atoms in total. The molecule has 1 unspecified atom stereocenters. The van der Waals surface area contributed by atoms with Crippen LogP contribution >= 0.6 is 11.8 Å². The zero-order chi connectivity index (χ0) is 13.1. The molecule has 2 rings (SSSR count). The molecule has 1 aliphatic carbocycles. The second-order valence-corrected chi connectivity index (χ2v) is 5.18. The first-order valence-electron chi connectivity index (χ1n) is 5.77. The van der Waals surface area contributed by atoms with Crippen molar-refractivity contribution in [3.63, 3.8) is 0 Å². The largest absolute Gasteiger partial charge is 0.480 e. The van der Waals surface area contributed by atoms with Crippen LogP contribution in [0, 0.1) is 5.92 Å². The minimum absolute atomic E-state index is 0.154. The molecule has 18 heavy (non-hydrogen) atoms. The standard InChI is InChI=1S/C12H15NO4S/c1-18-10-5-4-9(17-10)11(14)13-8(12(15)16)6-7-2-3-7/h4-5,7-8H,2-3,6H2,1H3,(H,13,14)(H,15,16). The number of carbonyl (C=O) groups excluding carboxylic acids is 1. The van der Waals surface area contributed by atoms with Crippen LogP contribution in [0.1, 0.15) is 29.8 Å². The van der Waals surface area contributed by atoms with Crippen LogP contribution in [-0.2, 0) is 4.79 Å². The second-order valence-electron chi connectivity index (χ2n) is 4.37. The summed E-state index contributed by atoms with van der Waals surface area (Å²) in [7, 11) is 0. The predicted molar refractivity (Wildman–Crippen MR) is 66.7 cm³/mol. The van der Waals surface area contributed by atoms with E-state index >= 15 is 0 Å². The summed E-state index contributed by atoms with van der Waals surface area (Å²) < 4.78 is 5.25. The maximum Gasteiger partial charge on any atom is 0.326 e. The van der Waals surface area contributed by atoms with E-state index in [1.165, 1.54) is 11.8 Å². The number of hydrogen-bond donors (Lipinski definition) is 2. The number of furan rings is 1. The summed E-state index contributed by atoms with van der Waals surface area (Å²) in [6.45, 7) is 0. The van der Waals surface area contributed by atoms with Crippen LogP contribution in [0.25, 0.3) is 0 Å². The Hall–Kier alpha value is -1.43. The molecule has 0 aromatic carbocycles. The van der Waals surface area contributed by atoms with Gasteiger partial charge < -0.3 is 14.8 Å². The topological polar surface area (TPSA) is 79.5 Å². The average Bonchev–Trinajstić information content (AvgIpc) is 3.02. The van der Waals surface area contributed by atoms with Crippen molar-refractivity contribution in [3.8, 4) is 0 Å². The van der Waals surface area contributed by atoms with Gasteiger partial charge in [0, 0.05) is 0 Å². The first-order valence-corrected chi connectivity index (χ1v) is 7.00. The van der Waals surface area contributed by atoms with Crippen molar-refractivity contribution in [1.29, 1.82) is 0 Å². The Morgan fingerprint density at radius 3 is 2.78 bits per heavy atom. The molecule has 0 radical (unpaired) electrons. The van der Waals surface area contributed by atoms with Crippen molar-refractivity contribution in [3.05, 3.63) is 17.9 Å². The monoisotopic (exact) mass is 269 g/mol. The second kappa shape index (κ2) is 5.48. The van der Waals surface area contributed by atoms with E-state index in [-0.39, 0.29) is 5.76 Å². The molecule has 0 spiro atoms. The van der Waals surface area contributed by atoms with E-state index in [0.29, 0.717) is 17.4 Å². The van der Waals surface area contributed by atoms with E-state index in [4.69, 9.17) is 9.52 Å². The summed E-state index contributed by atoms with van der Waals surface area (Å²) in [6.07, 6.45) is 4.44. The molecule has 1 aliphatic rings. The van der Waals surface area contributed by atoms with Crippen molar-refractivity contribution in [2.75, 3.05) is 6.26 Å². The van der Waals surface area contributed by atoms with Gasteiger partial charge in [-0.1, -0.05) is 24.6 Å². The first-order chi connectivity index (χ1) is 8.60. The third-order valence-corrected chi connectivity index (χ3v) is 3.50. The Bertz CT molecular complexity index is 453. The molecule has 2 N–H and O–H groups in total. The molecule has 1 saturated carbocycles. The van der Waals surface area contributed by atoms with E-state index in [1.807, 2.05) is 6.26 Å². The molecule has 1 aromatic rings. The number of carboxylic acid groups (broad SMARTS) is 1. The molecular weight excluding hydrogens is 254 g/mol. The lowest BCUT2D eigenvalue weighted by Crippen LogP contribution is -2.41. The quantitative estimate of drug-likeness (QED) is 0.772. The number of carbonyl (C=O) groups is 2. The molecule has 98 valence electrons. The average molecular weight is 269 g/mol. The fourth-order valence-electron chi connectivity index (χ4n) is 1.69. The summed E-state index contributed by atoms with van der Waals surface area (Å²) in [5, 5.41) is 12.2. The highest BCUT2D eigenvalue weighted by molar-refractivity contribution is 7.98. The van der Waals surface area contributed by atoms with Gasteiger partial charge in [-0.15, -0.1) is 0 Å². The zero-order valence-electron chi connectivity index (χ0n) is 10.0. The molecule has 1 atom stereocenters. The summed E-state index contributed by atoms with van der Waals surface area (Å²) in [6, 6.07) is 2.42. The highest BCUT2D eigenvalue weighted by Crippen LogP contribution is 2.33. The zero-order valence-corrected chi connectivity index (χ0v) is 10.8. The van der Waals surface area contributed by atoms with Crippen LogP contribution < -0.4 is 5.32 Å². The normalized spacial score (nSPS) is 16.3. The van der Waals surface area contributed by atoms with Gasteiger partial charge in [0.25, 0.3) is 5.91 Å². The fraction of sp³-hybridized carbons (Fsp3) is 0.500. The summed E-state index contributed by atoms with van der Waals surface area (Å²) >= 11 is 1.39. The lowest BCUT2D eigenvalue weighted by molar-refractivity contribution is -0.139. The first kappa shape index (κ1) is 13.0. The van der Waals surface area contributed by atoms with Gasteiger partial charge in [0.15, 0.2) is 10.9 Å². The Morgan fingerprint density at radius 1 is 1.56 bits per heavy atom. The van der Waals surface area contributed by atoms with E-state index in [1.54, 1.807) is 12.1 Å². The number of carboxylic acids is 1. The summed E-state index contributed by atoms with van der Waals surface area (Å²) in [5.74, 6) is -0.874. The predicted octanol–water partition coefficient (Wildman–Crippen LogP) is 1.98. The van der Waals surface area contributed by atoms with E-state index in [2.05, 4.69) is 5.32 Å². The third kappa shape index (κ3) is 3.29. The number of aliphatic carboxylic acids is 1. The highest BCUT2D eigenvalue weighted by atomic mass is 32.2. The molecule has 6 heteroatoms. The number of amides is 1. The molecule has 1 fully saturated rings. The number of hydrogen-bond acceptors (Lipinski definition) is 4. The Kier molecular flexibility index (Phi) is 3.96. The van der Waals surface area contributed by atoms with E-state index in [9.17, 15) is 9.59 Å². The Labute approximate surface area is 109 Å². The number of thioether (sulfide) groups is 1. The Morgan fingerprint density at radius 2 is 2.28 bits per heavy atom. The minimum atomic E-state index is -0.994.